The van der Waals surface area contributed by atoms with E-state index < -0.39 is 11.9 Å². The summed E-state index contributed by atoms with van der Waals surface area (Å²) in [6, 6.07) is 0. The molecule has 0 spiro atoms. The van der Waals surface area contributed by atoms with E-state index in [2.05, 4.69) is 20.4 Å². The highest BCUT2D eigenvalue weighted by molar-refractivity contribution is 5.89. The van der Waals surface area contributed by atoms with E-state index in [0.29, 0.717) is 12.5 Å². The maximum Gasteiger partial charge on any atom is 0.333 e. The Kier molecular flexibility index (Phi) is 9.43. The van der Waals surface area contributed by atoms with E-state index in [0.717, 1.165) is 25.7 Å². The average molecular weight is 282 g/mol. The van der Waals surface area contributed by atoms with Crippen molar-refractivity contribution in [2.45, 2.75) is 52.9 Å². The van der Waals surface area contributed by atoms with Gasteiger partial charge in [-0.05, 0) is 25.7 Å². The summed E-state index contributed by atoms with van der Waals surface area (Å²) in [5, 5.41) is 8.71. The minimum absolute atomic E-state index is 0.202. The van der Waals surface area contributed by atoms with E-state index in [1.54, 1.807) is 0 Å². The molecule has 0 saturated heterocycles. The number of rotatable bonds is 10. The van der Waals surface area contributed by atoms with E-state index in [1.165, 1.54) is 13.0 Å². The van der Waals surface area contributed by atoms with Gasteiger partial charge in [0.1, 0.15) is 0 Å². The molecule has 114 valence electrons. The first-order valence-corrected chi connectivity index (χ1v) is 7.17. The predicted molar refractivity (Wildman–Crippen MR) is 79.4 cm³/mol. The maximum absolute atomic E-state index is 11.7. The molecule has 0 rings (SSSR count). The van der Waals surface area contributed by atoms with Gasteiger partial charge in [0, 0.05) is 11.1 Å². The molecule has 0 aromatic rings. The zero-order valence-corrected chi connectivity index (χ0v) is 12.8. The minimum atomic E-state index is -0.989. The lowest BCUT2D eigenvalue weighted by molar-refractivity contribution is -0.140. The van der Waals surface area contributed by atoms with Crippen LogP contribution >= 0.6 is 0 Å². The summed E-state index contributed by atoms with van der Waals surface area (Å²) in [7, 11) is 0. The Balaban J connectivity index is 4.16. The van der Waals surface area contributed by atoms with Gasteiger partial charge in [0.25, 0.3) is 0 Å². The fraction of sp³-hybridized carbons (Fsp3) is 0.625. The number of aliphatic carboxylic acids is 1. The number of carboxylic acids is 1. The summed E-state index contributed by atoms with van der Waals surface area (Å²) in [5.74, 6) is -1.03. The van der Waals surface area contributed by atoms with Crippen molar-refractivity contribution in [1.82, 2.24) is 0 Å². The van der Waals surface area contributed by atoms with Gasteiger partial charge < -0.3 is 9.84 Å². The molecular formula is C16H26O4. The van der Waals surface area contributed by atoms with E-state index in [4.69, 9.17) is 9.84 Å². The van der Waals surface area contributed by atoms with Crippen LogP contribution in [0.25, 0.3) is 0 Å². The van der Waals surface area contributed by atoms with Crippen LogP contribution in [0.15, 0.2) is 23.8 Å². The Hall–Kier alpha value is -1.58. The molecule has 0 heterocycles. The molecule has 0 aliphatic carbocycles. The van der Waals surface area contributed by atoms with Crippen LogP contribution in [-0.2, 0) is 14.3 Å². The zero-order valence-electron chi connectivity index (χ0n) is 12.8. The fourth-order valence-electron chi connectivity index (χ4n) is 1.64. The Labute approximate surface area is 121 Å². The van der Waals surface area contributed by atoms with Crippen molar-refractivity contribution in [2.75, 3.05) is 6.61 Å². The zero-order chi connectivity index (χ0) is 15.5. The van der Waals surface area contributed by atoms with Crippen molar-refractivity contribution in [3.63, 3.8) is 0 Å². The van der Waals surface area contributed by atoms with Crippen LogP contribution < -0.4 is 0 Å². The highest BCUT2D eigenvalue weighted by atomic mass is 16.5. The van der Waals surface area contributed by atoms with Crippen molar-refractivity contribution < 1.29 is 19.4 Å². The van der Waals surface area contributed by atoms with Gasteiger partial charge in [0.15, 0.2) is 0 Å². The molecule has 0 bridgehead atoms. The van der Waals surface area contributed by atoms with Crippen molar-refractivity contribution >= 4 is 11.9 Å². The molecule has 20 heavy (non-hydrogen) atoms. The molecule has 0 aliphatic heterocycles. The molecule has 0 saturated carbocycles. The van der Waals surface area contributed by atoms with Gasteiger partial charge in [-0.3, -0.25) is 0 Å². The van der Waals surface area contributed by atoms with Gasteiger partial charge in [-0.25, -0.2) is 9.59 Å². The van der Waals surface area contributed by atoms with Crippen molar-refractivity contribution in [2.24, 2.45) is 5.92 Å². The van der Waals surface area contributed by atoms with Crippen molar-refractivity contribution in [3.8, 4) is 0 Å². The van der Waals surface area contributed by atoms with Gasteiger partial charge in [-0.2, -0.15) is 0 Å². The average Bonchev–Trinajstić information content (AvgIpc) is 2.43. The topological polar surface area (TPSA) is 63.6 Å². The van der Waals surface area contributed by atoms with Crippen LogP contribution in [0.5, 0.6) is 0 Å². The lowest BCUT2D eigenvalue weighted by Gasteiger charge is -2.14. The molecule has 0 radical (unpaired) electrons. The molecule has 0 aromatic heterocycles. The number of carboxylic acid groups (broad SMARTS) is 1. The van der Waals surface area contributed by atoms with E-state index in [1.807, 2.05) is 0 Å². The van der Waals surface area contributed by atoms with Gasteiger partial charge in [0.05, 0.1) is 6.61 Å². The van der Waals surface area contributed by atoms with Gasteiger partial charge >= 0.3 is 11.9 Å². The standard InChI is InChI=1S/C16H26O4/c1-5-7-8-14(6-2)11-20-16(19)13(4)10-9-12(3)15(17)18/h9,14H,4-8,10-11H2,1-3H3,(H,17,18). The molecule has 1 unspecified atom stereocenters. The van der Waals surface area contributed by atoms with Crippen LogP contribution in [0.4, 0.5) is 0 Å². The molecule has 1 N–H and O–H groups in total. The number of hydrogen-bond donors (Lipinski definition) is 1. The molecule has 4 heteroatoms. The number of carbonyl (C=O) groups is 2. The summed E-state index contributed by atoms with van der Waals surface area (Å²) < 4.78 is 5.23. The third-order valence-electron chi connectivity index (χ3n) is 3.27. The van der Waals surface area contributed by atoms with E-state index in [9.17, 15) is 9.59 Å². The number of unbranched alkanes of at least 4 members (excludes halogenated alkanes) is 1. The first-order valence-electron chi connectivity index (χ1n) is 7.17. The highest BCUT2D eigenvalue weighted by Crippen LogP contribution is 2.14. The number of esters is 1. The lowest BCUT2D eigenvalue weighted by Crippen LogP contribution is -2.15. The van der Waals surface area contributed by atoms with Crippen molar-refractivity contribution in [3.05, 3.63) is 23.8 Å². The third-order valence-corrected chi connectivity index (χ3v) is 3.27. The maximum atomic E-state index is 11.7. The van der Waals surface area contributed by atoms with Crippen molar-refractivity contribution in [1.29, 1.82) is 0 Å². The first kappa shape index (κ1) is 18.4. The summed E-state index contributed by atoms with van der Waals surface area (Å²) in [5.41, 5.74) is 0.490. The number of ether oxygens (including phenoxy) is 1. The summed E-state index contributed by atoms with van der Waals surface area (Å²) in [6.07, 6.45) is 6.00. The summed E-state index contributed by atoms with van der Waals surface area (Å²) >= 11 is 0. The molecule has 0 amide bonds. The first-order chi connectivity index (χ1) is 9.42. The molecule has 0 aromatic carbocycles. The fourth-order valence-corrected chi connectivity index (χ4v) is 1.64. The third kappa shape index (κ3) is 7.77. The minimum Gasteiger partial charge on any atom is -0.478 e. The molecule has 0 fully saturated rings. The van der Waals surface area contributed by atoms with Gasteiger partial charge in [0.2, 0.25) is 0 Å². The Bertz CT molecular complexity index is 369. The number of allylic oxidation sites excluding steroid dienone is 1. The van der Waals surface area contributed by atoms with Gasteiger partial charge in [-0.1, -0.05) is 45.8 Å². The quantitative estimate of drug-likeness (QED) is 0.490. The second-order valence-corrected chi connectivity index (χ2v) is 5.01. The number of hydrogen-bond acceptors (Lipinski definition) is 3. The van der Waals surface area contributed by atoms with Gasteiger partial charge in [-0.15, -0.1) is 0 Å². The second-order valence-electron chi connectivity index (χ2n) is 5.01. The molecule has 4 nitrogen and oxygen atoms in total. The SMILES string of the molecule is C=C(CC=C(C)C(=O)O)C(=O)OCC(CC)CCCC. The van der Waals surface area contributed by atoms with Crippen LogP contribution in [0, 0.1) is 5.92 Å². The molecule has 0 aliphatic rings. The highest BCUT2D eigenvalue weighted by Gasteiger charge is 2.12. The molecule has 1 atom stereocenters. The van der Waals surface area contributed by atoms with E-state index in [-0.39, 0.29) is 17.6 Å². The van der Waals surface area contributed by atoms with Crippen LogP contribution in [-0.4, -0.2) is 23.7 Å². The monoisotopic (exact) mass is 282 g/mol. The predicted octanol–water partition coefficient (Wildman–Crippen LogP) is 3.72. The Morgan fingerprint density at radius 1 is 1.35 bits per heavy atom. The van der Waals surface area contributed by atoms with E-state index >= 15 is 0 Å². The lowest BCUT2D eigenvalue weighted by atomic mass is 10.0. The Morgan fingerprint density at radius 3 is 2.50 bits per heavy atom. The normalized spacial score (nSPS) is 12.8. The Morgan fingerprint density at radius 2 is 2.00 bits per heavy atom. The van der Waals surface area contributed by atoms with Crippen LogP contribution in [0.2, 0.25) is 0 Å². The second kappa shape index (κ2) is 10.2. The van der Waals surface area contributed by atoms with Crippen LogP contribution in [0.3, 0.4) is 0 Å². The summed E-state index contributed by atoms with van der Waals surface area (Å²) in [4.78, 5) is 22.3. The number of carbonyl (C=O) groups excluding carboxylic acids is 1. The smallest absolute Gasteiger partial charge is 0.333 e. The molecular weight excluding hydrogens is 256 g/mol. The summed E-state index contributed by atoms with van der Waals surface area (Å²) in [6.45, 7) is 9.76. The largest absolute Gasteiger partial charge is 0.478 e. The van der Waals surface area contributed by atoms with Crippen LogP contribution in [0.1, 0.15) is 52.9 Å².